The summed E-state index contributed by atoms with van der Waals surface area (Å²) in [6.45, 7) is 0. The van der Waals surface area contributed by atoms with Crippen molar-refractivity contribution in [3.8, 4) is 5.75 Å². The molecule has 0 spiro atoms. The van der Waals surface area contributed by atoms with E-state index in [4.69, 9.17) is 16.7 Å². The lowest BCUT2D eigenvalue weighted by molar-refractivity contribution is -0.429. The fraction of sp³-hybridized carbons (Fsp3) is 0.176. The maximum absolute atomic E-state index is 13.5. The molecule has 0 saturated heterocycles. The second-order valence-electron chi connectivity index (χ2n) is 5.89. The summed E-state index contributed by atoms with van der Waals surface area (Å²) in [5, 5.41) is 11.3. The van der Waals surface area contributed by atoms with Gasteiger partial charge in [0.25, 0.3) is 5.91 Å². The van der Waals surface area contributed by atoms with Gasteiger partial charge in [0.05, 0.1) is 10.7 Å². The lowest BCUT2D eigenvalue weighted by atomic mass is 10.2. The van der Waals surface area contributed by atoms with Crippen molar-refractivity contribution in [2.45, 2.75) is 18.1 Å². The number of amides is 3. The van der Waals surface area contributed by atoms with Gasteiger partial charge >= 0.3 is 24.2 Å². The van der Waals surface area contributed by atoms with Gasteiger partial charge in [0.15, 0.2) is 0 Å². The van der Waals surface area contributed by atoms with Crippen LogP contribution in [0, 0.1) is 11.6 Å². The minimum atomic E-state index is -6.40. The number of imide groups is 1. The van der Waals surface area contributed by atoms with E-state index >= 15 is 0 Å². The number of urea groups is 1. The van der Waals surface area contributed by atoms with Gasteiger partial charge < -0.3 is 15.2 Å². The molecule has 6 nitrogen and oxygen atoms in total. The van der Waals surface area contributed by atoms with Crippen LogP contribution in [0.15, 0.2) is 36.4 Å². The van der Waals surface area contributed by atoms with Crippen LogP contribution in [0.25, 0.3) is 0 Å². The topological polar surface area (TPSA) is 87.7 Å². The number of hydrogen-bond donors (Lipinski definition) is 3. The van der Waals surface area contributed by atoms with E-state index in [-0.39, 0.29) is 0 Å². The van der Waals surface area contributed by atoms with Crippen molar-refractivity contribution in [3.63, 3.8) is 0 Å². The lowest BCUT2D eigenvalue weighted by Crippen LogP contribution is -2.58. The number of nitrogens with one attached hydrogen (secondary N) is 2. The molecule has 0 aromatic heterocycles. The molecule has 3 N–H and O–H groups in total. The van der Waals surface area contributed by atoms with Crippen LogP contribution in [0.5, 0.6) is 5.75 Å². The number of carbonyl (C=O) groups excluding carboxylic acids is 2. The van der Waals surface area contributed by atoms with Gasteiger partial charge in [0.2, 0.25) is 0 Å². The smallest absolute Gasteiger partial charge is 0.428 e. The Kier molecular flexibility index (Phi) is 6.90. The van der Waals surface area contributed by atoms with E-state index in [9.17, 15) is 44.7 Å². The van der Waals surface area contributed by atoms with Gasteiger partial charge in [0, 0.05) is 6.07 Å². The van der Waals surface area contributed by atoms with E-state index in [0.717, 1.165) is 18.2 Å². The summed E-state index contributed by atoms with van der Waals surface area (Å²) >= 11 is 5.66. The predicted octanol–water partition coefficient (Wildman–Crippen LogP) is 4.77. The fourth-order valence-electron chi connectivity index (χ4n) is 2.08. The standard InChI is InChI=1S/C17H9ClF8N2O4/c18-8-6-7(32-17(25,26)15(21,31)16(22,23)24)4-5-11(8)27-14(30)28-13(29)12-9(19)2-1-3-10(12)20/h1-6,31H,(H2,27,28,29,30). The Bertz CT molecular complexity index is 1030. The monoisotopic (exact) mass is 492 g/mol. The summed E-state index contributed by atoms with van der Waals surface area (Å²) in [7, 11) is 0. The van der Waals surface area contributed by atoms with Crippen LogP contribution >= 0.6 is 11.6 Å². The van der Waals surface area contributed by atoms with Crippen molar-refractivity contribution in [3.05, 3.63) is 58.6 Å². The van der Waals surface area contributed by atoms with Crippen molar-refractivity contribution in [2.75, 3.05) is 5.32 Å². The highest BCUT2D eigenvalue weighted by Gasteiger charge is 2.73. The Labute approximate surface area is 177 Å². The first-order chi connectivity index (χ1) is 14.6. The molecule has 2 rings (SSSR count). The number of ether oxygens (including phenoxy) is 1. The summed E-state index contributed by atoms with van der Waals surface area (Å²) in [5.74, 6) is -11.2. The largest absolute Gasteiger partial charge is 0.469 e. The number of rotatable bonds is 5. The van der Waals surface area contributed by atoms with Gasteiger partial charge in [-0.1, -0.05) is 17.7 Å². The molecule has 0 saturated carbocycles. The number of halogens is 9. The van der Waals surface area contributed by atoms with Crippen molar-refractivity contribution in [1.82, 2.24) is 5.32 Å². The summed E-state index contributed by atoms with van der Waals surface area (Å²) in [6, 6.07) is 2.72. The highest BCUT2D eigenvalue weighted by molar-refractivity contribution is 6.34. The van der Waals surface area contributed by atoms with Gasteiger partial charge in [0.1, 0.15) is 22.9 Å². The van der Waals surface area contributed by atoms with E-state index in [1.807, 2.05) is 5.32 Å². The van der Waals surface area contributed by atoms with Crippen molar-refractivity contribution in [2.24, 2.45) is 0 Å². The second kappa shape index (κ2) is 8.78. The molecule has 32 heavy (non-hydrogen) atoms. The second-order valence-corrected chi connectivity index (χ2v) is 6.29. The van der Waals surface area contributed by atoms with Crippen LogP contribution in [0.3, 0.4) is 0 Å². The van der Waals surface area contributed by atoms with E-state index in [0.29, 0.717) is 18.2 Å². The van der Waals surface area contributed by atoms with E-state index in [2.05, 4.69) is 4.74 Å². The van der Waals surface area contributed by atoms with Gasteiger partial charge in [-0.15, -0.1) is 0 Å². The van der Waals surface area contributed by atoms with Crippen LogP contribution in [0.4, 0.5) is 45.6 Å². The van der Waals surface area contributed by atoms with Crippen LogP contribution in [0.2, 0.25) is 5.02 Å². The summed E-state index contributed by atoms with van der Waals surface area (Å²) in [5.41, 5.74) is -1.50. The Balaban J connectivity index is 2.12. The molecule has 0 heterocycles. The number of anilines is 1. The normalized spacial score (nSPS) is 13.8. The third-order valence-corrected chi connectivity index (χ3v) is 3.93. The van der Waals surface area contributed by atoms with E-state index < -0.39 is 63.7 Å². The first-order valence-corrected chi connectivity index (χ1v) is 8.35. The summed E-state index contributed by atoms with van der Waals surface area (Å²) in [6.07, 6.45) is -12.2. The molecule has 3 amide bonds. The molecule has 0 fully saturated rings. The predicted molar refractivity (Wildman–Crippen MR) is 92.0 cm³/mol. The highest BCUT2D eigenvalue weighted by Crippen LogP contribution is 2.44. The average Bonchev–Trinajstić information content (AvgIpc) is 2.62. The number of alkyl halides is 6. The Hall–Kier alpha value is -3.13. The molecule has 0 aliphatic heterocycles. The minimum Gasteiger partial charge on any atom is -0.428 e. The maximum atomic E-state index is 13.5. The number of hydrogen-bond acceptors (Lipinski definition) is 4. The van der Waals surface area contributed by atoms with Crippen molar-refractivity contribution < 1.29 is 54.6 Å². The quantitative estimate of drug-likeness (QED) is 0.525. The third-order valence-electron chi connectivity index (χ3n) is 3.61. The Morgan fingerprint density at radius 1 is 0.969 bits per heavy atom. The molecule has 0 radical (unpaired) electrons. The van der Waals surface area contributed by atoms with Crippen molar-refractivity contribution >= 4 is 29.2 Å². The zero-order valence-electron chi connectivity index (χ0n) is 15.0. The lowest BCUT2D eigenvalue weighted by Gasteiger charge is -2.29. The van der Waals surface area contributed by atoms with Crippen LogP contribution in [-0.4, -0.2) is 35.2 Å². The molecule has 0 aliphatic carbocycles. The number of carbonyl (C=O) groups is 2. The van der Waals surface area contributed by atoms with Gasteiger partial charge in [-0.2, -0.15) is 26.3 Å². The minimum absolute atomic E-state index is 0.423. The summed E-state index contributed by atoms with van der Waals surface area (Å²) in [4.78, 5) is 23.6. The molecular formula is C17H9ClF8N2O4. The number of benzene rings is 2. The summed E-state index contributed by atoms with van der Waals surface area (Å²) < 4.78 is 107. The molecular weight excluding hydrogens is 484 g/mol. The highest BCUT2D eigenvalue weighted by atomic mass is 35.5. The fourth-order valence-corrected chi connectivity index (χ4v) is 2.29. The zero-order chi connectivity index (χ0) is 24.5. The molecule has 2 aromatic carbocycles. The average molecular weight is 493 g/mol. The third kappa shape index (κ3) is 5.19. The van der Waals surface area contributed by atoms with E-state index in [1.54, 1.807) is 5.32 Å². The molecule has 2 aromatic rings. The first kappa shape index (κ1) is 25.1. The molecule has 174 valence electrons. The number of aliphatic hydroxyl groups is 1. The van der Waals surface area contributed by atoms with E-state index in [1.165, 1.54) is 0 Å². The molecule has 15 heteroatoms. The van der Waals surface area contributed by atoms with Gasteiger partial charge in [-0.05, 0) is 24.3 Å². The van der Waals surface area contributed by atoms with Crippen LogP contribution in [-0.2, 0) is 0 Å². The zero-order valence-corrected chi connectivity index (χ0v) is 15.8. The van der Waals surface area contributed by atoms with Crippen LogP contribution < -0.4 is 15.4 Å². The van der Waals surface area contributed by atoms with Crippen LogP contribution in [0.1, 0.15) is 10.4 Å². The van der Waals surface area contributed by atoms with Gasteiger partial charge in [-0.3, -0.25) is 10.1 Å². The van der Waals surface area contributed by atoms with Crippen molar-refractivity contribution in [1.29, 1.82) is 0 Å². The first-order valence-electron chi connectivity index (χ1n) is 7.97. The Morgan fingerprint density at radius 3 is 2.03 bits per heavy atom. The molecule has 0 bridgehead atoms. The van der Waals surface area contributed by atoms with Gasteiger partial charge in [-0.25, -0.2) is 13.6 Å². The molecule has 1 atom stereocenters. The SMILES string of the molecule is O=C(NC(=O)c1c(F)cccc1F)Nc1ccc(OC(F)(F)C(O)(F)C(F)(F)F)cc1Cl. The molecule has 0 aliphatic rings. The molecule has 1 unspecified atom stereocenters. The maximum Gasteiger partial charge on any atom is 0.469 e. The Morgan fingerprint density at radius 2 is 1.53 bits per heavy atom.